The molecule has 5 aromatic rings. The third kappa shape index (κ3) is 4.05. The predicted molar refractivity (Wildman–Crippen MR) is 136 cm³/mol. The van der Waals surface area contributed by atoms with Gasteiger partial charge in [0.2, 0.25) is 0 Å². The van der Waals surface area contributed by atoms with Crippen LogP contribution in [0, 0.1) is 0 Å². The molecule has 0 bridgehead atoms. The second-order valence-corrected chi connectivity index (χ2v) is 9.51. The van der Waals surface area contributed by atoms with Crippen LogP contribution in [0.15, 0.2) is 60.8 Å². The summed E-state index contributed by atoms with van der Waals surface area (Å²) in [6.45, 7) is 4.12. The number of likely N-dealkylation sites (tertiary alicyclic amines) is 1. The number of nitrogens with zero attached hydrogens (tertiary/aromatic N) is 3. The lowest BCUT2D eigenvalue weighted by atomic mass is 10.1. The Bertz CT molecular complexity index is 1420. The van der Waals surface area contributed by atoms with Crippen LogP contribution in [0.25, 0.3) is 42.9 Å². The highest BCUT2D eigenvalue weighted by Gasteiger charge is 2.14. The summed E-state index contributed by atoms with van der Waals surface area (Å²) in [5.74, 6) is 2.07. The van der Waals surface area contributed by atoms with Crippen LogP contribution in [-0.4, -0.2) is 46.1 Å². The number of thiophene rings is 1. The summed E-state index contributed by atoms with van der Waals surface area (Å²) < 4.78 is 6.86. The molecule has 6 rings (SSSR count). The zero-order chi connectivity index (χ0) is 22.2. The minimum atomic E-state index is 0.516. The third-order valence-electron chi connectivity index (χ3n) is 6.22. The van der Waals surface area contributed by atoms with E-state index in [0.29, 0.717) is 11.6 Å². The Balaban J connectivity index is 1.23. The number of anilines is 1. The van der Waals surface area contributed by atoms with E-state index in [-0.39, 0.29) is 0 Å². The fourth-order valence-corrected chi connectivity index (χ4v) is 5.43. The van der Waals surface area contributed by atoms with Gasteiger partial charge in [-0.15, -0.1) is 11.3 Å². The SMILES string of the molecule is Nc1nc(-c2ccc3[nH]ccc3c2)nc2cc(-c3ccc(OCCN4CCCC4)cc3)sc12. The molecule has 0 radical (unpaired) electrons. The van der Waals surface area contributed by atoms with Crippen molar-refractivity contribution in [3.8, 4) is 27.6 Å². The number of nitrogens with one attached hydrogen (secondary N) is 1. The minimum absolute atomic E-state index is 0.516. The van der Waals surface area contributed by atoms with Gasteiger partial charge in [0.25, 0.3) is 0 Å². The molecule has 0 saturated carbocycles. The van der Waals surface area contributed by atoms with Gasteiger partial charge in [0.15, 0.2) is 5.82 Å². The molecule has 1 fully saturated rings. The molecular weight excluding hydrogens is 430 g/mol. The molecule has 0 unspecified atom stereocenters. The first-order valence-corrected chi connectivity index (χ1v) is 12.1. The van der Waals surface area contributed by atoms with Gasteiger partial charge in [0.1, 0.15) is 18.2 Å². The maximum atomic E-state index is 6.34. The van der Waals surface area contributed by atoms with Gasteiger partial charge < -0.3 is 15.5 Å². The summed E-state index contributed by atoms with van der Waals surface area (Å²) >= 11 is 1.62. The molecule has 1 saturated heterocycles. The highest BCUT2D eigenvalue weighted by Crippen LogP contribution is 2.37. The standard InChI is InChI=1S/C26H25N5OS/c27-25-24-22(29-26(30-25)19-5-8-21-18(15-19)9-10-28-21)16-23(33-24)17-3-6-20(7-4-17)32-14-13-31-11-1-2-12-31/h3-10,15-16,28H,1-2,11-14H2,(H2,27,29,30). The lowest BCUT2D eigenvalue weighted by molar-refractivity contribution is 0.238. The predicted octanol–water partition coefficient (Wildman–Crippen LogP) is 5.56. The van der Waals surface area contributed by atoms with Crippen LogP contribution in [0.4, 0.5) is 5.82 Å². The van der Waals surface area contributed by atoms with Crippen molar-refractivity contribution in [1.82, 2.24) is 19.9 Å². The quantitative estimate of drug-likeness (QED) is 0.350. The van der Waals surface area contributed by atoms with Gasteiger partial charge in [-0.25, -0.2) is 9.97 Å². The largest absolute Gasteiger partial charge is 0.492 e. The van der Waals surface area contributed by atoms with Gasteiger partial charge >= 0.3 is 0 Å². The van der Waals surface area contributed by atoms with E-state index in [1.54, 1.807) is 11.3 Å². The smallest absolute Gasteiger partial charge is 0.162 e. The Morgan fingerprint density at radius 3 is 2.64 bits per heavy atom. The number of H-pyrrole nitrogens is 1. The lowest BCUT2D eigenvalue weighted by Crippen LogP contribution is -2.25. The monoisotopic (exact) mass is 455 g/mol. The van der Waals surface area contributed by atoms with Crippen LogP contribution < -0.4 is 10.5 Å². The van der Waals surface area contributed by atoms with E-state index in [0.717, 1.165) is 56.0 Å². The van der Waals surface area contributed by atoms with Gasteiger partial charge in [-0.2, -0.15) is 0 Å². The molecule has 0 atom stereocenters. The molecule has 0 amide bonds. The molecule has 0 aliphatic carbocycles. The van der Waals surface area contributed by atoms with E-state index in [1.165, 1.54) is 25.9 Å². The van der Waals surface area contributed by atoms with E-state index in [1.807, 2.05) is 36.5 Å². The van der Waals surface area contributed by atoms with Crippen LogP contribution >= 0.6 is 11.3 Å². The fourth-order valence-electron chi connectivity index (χ4n) is 4.43. The molecule has 6 nitrogen and oxygen atoms in total. The number of ether oxygens (including phenoxy) is 1. The van der Waals surface area contributed by atoms with Crippen molar-refractivity contribution in [3.63, 3.8) is 0 Å². The van der Waals surface area contributed by atoms with E-state index in [9.17, 15) is 0 Å². The van der Waals surface area contributed by atoms with E-state index < -0.39 is 0 Å². The second-order valence-electron chi connectivity index (χ2n) is 8.46. The third-order valence-corrected chi connectivity index (χ3v) is 7.42. The summed E-state index contributed by atoms with van der Waals surface area (Å²) in [5.41, 5.74) is 10.4. The average Bonchev–Trinajstić information content (AvgIpc) is 3.59. The molecule has 33 heavy (non-hydrogen) atoms. The van der Waals surface area contributed by atoms with E-state index in [4.69, 9.17) is 15.5 Å². The molecule has 3 aromatic heterocycles. The average molecular weight is 456 g/mol. The highest BCUT2D eigenvalue weighted by molar-refractivity contribution is 7.22. The number of benzene rings is 2. The summed E-state index contributed by atoms with van der Waals surface area (Å²) in [6.07, 6.45) is 4.55. The molecule has 7 heteroatoms. The van der Waals surface area contributed by atoms with Crippen LogP contribution in [-0.2, 0) is 0 Å². The van der Waals surface area contributed by atoms with E-state index >= 15 is 0 Å². The normalized spacial score (nSPS) is 14.4. The van der Waals surface area contributed by atoms with Gasteiger partial charge in [-0.1, -0.05) is 0 Å². The fraction of sp³-hybridized carbons (Fsp3) is 0.231. The maximum absolute atomic E-state index is 6.34. The number of hydrogen-bond acceptors (Lipinski definition) is 6. The van der Waals surface area contributed by atoms with Crippen molar-refractivity contribution in [2.24, 2.45) is 0 Å². The number of hydrogen-bond donors (Lipinski definition) is 2. The van der Waals surface area contributed by atoms with Crippen molar-refractivity contribution in [3.05, 3.63) is 60.8 Å². The number of aromatic nitrogens is 3. The summed E-state index contributed by atoms with van der Waals surface area (Å²) in [7, 11) is 0. The Labute approximate surface area is 196 Å². The van der Waals surface area contributed by atoms with Gasteiger partial charge in [-0.3, -0.25) is 4.90 Å². The number of fused-ring (bicyclic) bond motifs is 2. The maximum Gasteiger partial charge on any atom is 0.162 e. The zero-order valence-corrected chi connectivity index (χ0v) is 19.1. The van der Waals surface area contributed by atoms with E-state index in [2.05, 4.69) is 39.1 Å². The van der Waals surface area contributed by atoms with Crippen LogP contribution in [0.3, 0.4) is 0 Å². The summed E-state index contributed by atoms with van der Waals surface area (Å²) in [5, 5.41) is 1.13. The van der Waals surface area contributed by atoms with Crippen LogP contribution in [0.1, 0.15) is 12.8 Å². The zero-order valence-electron chi connectivity index (χ0n) is 18.3. The first-order valence-electron chi connectivity index (χ1n) is 11.3. The van der Waals surface area contributed by atoms with Crippen molar-refractivity contribution < 1.29 is 4.74 Å². The molecule has 0 spiro atoms. The van der Waals surface area contributed by atoms with Gasteiger partial charge in [-0.05, 0) is 86.1 Å². The van der Waals surface area contributed by atoms with Crippen molar-refractivity contribution in [2.45, 2.75) is 12.8 Å². The first-order chi connectivity index (χ1) is 16.2. The molecule has 166 valence electrons. The molecule has 4 heterocycles. The lowest BCUT2D eigenvalue weighted by Gasteiger charge is -2.14. The number of nitrogens with two attached hydrogens (primary N) is 1. The topological polar surface area (TPSA) is 80.1 Å². The number of rotatable bonds is 6. The van der Waals surface area contributed by atoms with Gasteiger partial charge in [0.05, 0.1) is 10.2 Å². The molecule has 1 aliphatic heterocycles. The summed E-state index contributed by atoms with van der Waals surface area (Å²) in [4.78, 5) is 16.2. The first kappa shape index (κ1) is 20.2. The minimum Gasteiger partial charge on any atom is -0.492 e. The van der Waals surface area contributed by atoms with Crippen LogP contribution in [0.5, 0.6) is 5.75 Å². The van der Waals surface area contributed by atoms with Crippen molar-refractivity contribution in [2.75, 3.05) is 32.0 Å². The van der Waals surface area contributed by atoms with Crippen molar-refractivity contribution >= 4 is 38.3 Å². The molecule has 3 N–H and O–H groups in total. The Morgan fingerprint density at radius 2 is 1.79 bits per heavy atom. The molecular formula is C26H25N5OS. The number of aromatic amines is 1. The molecule has 2 aromatic carbocycles. The van der Waals surface area contributed by atoms with Crippen LogP contribution in [0.2, 0.25) is 0 Å². The Hall–Kier alpha value is -3.42. The Morgan fingerprint density at radius 1 is 0.970 bits per heavy atom. The second kappa shape index (κ2) is 8.50. The Kier molecular flexibility index (Phi) is 5.20. The van der Waals surface area contributed by atoms with Crippen molar-refractivity contribution in [1.29, 1.82) is 0 Å². The van der Waals surface area contributed by atoms with Gasteiger partial charge in [0, 0.05) is 34.1 Å². The molecule has 1 aliphatic rings. The summed E-state index contributed by atoms with van der Waals surface area (Å²) in [6, 6.07) is 18.6. The number of nitrogen functional groups attached to an aromatic ring is 1. The highest BCUT2D eigenvalue weighted by atomic mass is 32.1.